The molecule has 0 fully saturated rings. The number of halogens is 3. The van der Waals surface area contributed by atoms with Crippen molar-refractivity contribution >= 4 is 21.8 Å². The van der Waals surface area contributed by atoms with Crippen LogP contribution in [0.3, 0.4) is 0 Å². The molecule has 0 saturated carbocycles. The molecule has 2 rings (SSSR count). The van der Waals surface area contributed by atoms with Crippen LogP contribution in [0.1, 0.15) is 5.56 Å². The maximum absolute atomic E-state index is 12.5. The van der Waals surface area contributed by atoms with E-state index in [1.54, 1.807) is 12.1 Å². The van der Waals surface area contributed by atoms with Crippen LogP contribution in [-0.2, 0) is 16.2 Å². The molecule has 1 heterocycles. The molecular weight excluding hydrogens is 389 g/mol. The number of sulfonamides is 1. The Labute approximate surface area is 154 Å². The minimum Gasteiger partial charge on any atom is -0.493 e. The Balaban J connectivity index is 1.83. The number of alkyl halides is 3. The minimum atomic E-state index is -4.40. The van der Waals surface area contributed by atoms with Gasteiger partial charge in [0.05, 0.1) is 22.1 Å². The van der Waals surface area contributed by atoms with Crippen molar-refractivity contribution in [3.8, 4) is 5.75 Å². The third-order valence-corrected chi connectivity index (χ3v) is 6.01. The van der Waals surface area contributed by atoms with E-state index in [0.717, 1.165) is 16.6 Å². The number of pyridine rings is 1. The molecule has 0 bridgehead atoms. The van der Waals surface area contributed by atoms with E-state index in [2.05, 4.69) is 4.98 Å². The van der Waals surface area contributed by atoms with Crippen LogP contribution in [0.5, 0.6) is 5.75 Å². The molecule has 0 amide bonds. The lowest BCUT2D eigenvalue weighted by molar-refractivity contribution is -0.137. The number of rotatable bonds is 7. The van der Waals surface area contributed by atoms with E-state index < -0.39 is 21.8 Å². The smallest absolute Gasteiger partial charge is 0.417 e. The van der Waals surface area contributed by atoms with Crippen molar-refractivity contribution < 1.29 is 26.3 Å². The lowest BCUT2D eigenvalue weighted by atomic mass is 10.3. The Morgan fingerprint density at radius 1 is 1.12 bits per heavy atom. The molecule has 142 valence electrons. The lowest BCUT2D eigenvalue weighted by Gasteiger charge is -2.12. The maximum atomic E-state index is 12.5. The van der Waals surface area contributed by atoms with Gasteiger partial charge >= 0.3 is 6.18 Å². The molecule has 0 aliphatic carbocycles. The summed E-state index contributed by atoms with van der Waals surface area (Å²) in [6, 6.07) is 8.31. The summed E-state index contributed by atoms with van der Waals surface area (Å²) in [5, 5.41) is 0.467. The van der Waals surface area contributed by atoms with E-state index in [1.807, 2.05) is 0 Å². The average molecular weight is 406 g/mol. The van der Waals surface area contributed by atoms with Crippen molar-refractivity contribution in [3.63, 3.8) is 0 Å². The van der Waals surface area contributed by atoms with Crippen LogP contribution in [0.4, 0.5) is 13.2 Å². The largest absolute Gasteiger partial charge is 0.493 e. The second kappa shape index (κ2) is 8.28. The highest BCUT2D eigenvalue weighted by atomic mass is 32.2. The van der Waals surface area contributed by atoms with Gasteiger partial charge in [-0.2, -0.15) is 13.2 Å². The molecule has 1 aromatic carbocycles. The summed E-state index contributed by atoms with van der Waals surface area (Å²) in [6.07, 6.45) is -3.60. The first-order valence-corrected chi connectivity index (χ1v) is 9.85. The van der Waals surface area contributed by atoms with Crippen LogP contribution in [0.15, 0.2) is 52.5 Å². The fourth-order valence-electron chi connectivity index (χ4n) is 1.86. The van der Waals surface area contributed by atoms with Crippen LogP contribution in [0, 0.1) is 0 Å². The van der Waals surface area contributed by atoms with Crippen LogP contribution in [0.2, 0.25) is 0 Å². The van der Waals surface area contributed by atoms with Gasteiger partial charge in [0, 0.05) is 26.0 Å². The number of ether oxygens (including phenoxy) is 1. The Morgan fingerprint density at radius 3 is 2.27 bits per heavy atom. The number of hydrogen-bond acceptors (Lipinski definition) is 5. The molecule has 0 atom stereocenters. The Hall–Kier alpha value is -1.78. The summed E-state index contributed by atoms with van der Waals surface area (Å²) < 4.78 is 67.9. The van der Waals surface area contributed by atoms with E-state index in [-0.39, 0.29) is 4.90 Å². The summed E-state index contributed by atoms with van der Waals surface area (Å²) >= 11 is 1.26. The summed E-state index contributed by atoms with van der Waals surface area (Å²) in [4.78, 5) is 3.93. The van der Waals surface area contributed by atoms with Gasteiger partial charge in [0.25, 0.3) is 0 Å². The van der Waals surface area contributed by atoms with E-state index in [4.69, 9.17) is 4.74 Å². The predicted molar refractivity (Wildman–Crippen MR) is 92.8 cm³/mol. The Morgan fingerprint density at radius 2 is 1.77 bits per heavy atom. The van der Waals surface area contributed by atoms with Crippen molar-refractivity contribution in [3.05, 3.63) is 48.2 Å². The van der Waals surface area contributed by atoms with Gasteiger partial charge in [-0.15, -0.1) is 11.8 Å². The zero-order chi connectivity index (χ0) is 19.4. The Kier molecular flexibility index (Phi) is 6.53. The number of nitrogens with zero attached hydrogens (tertiary/aromatic N) is 2. The van der Waals surface area contributed by atoms with Crippen molar-refractivity contribution in [1.29, 1.82) is 0 Å². The van der Waals surface area contributed by atoms with Gasteiger partial charge < -0.3 is 4.74 Å². The van der Waals surface area contributed by atoms with E-state index in [9.17, 15) is 21.6 Å². The second-order valence-electron chi connectivity index (χ2n) is 5.34. The first kappa shape index (κ1) is 20.5. The molecule has 26 heavy (non-hydrogen) atoms. The lowest BCUT2D eigenvalue weighted by Crippen LogP contribution is -2.22. The molecule has 0 N–H and O–H groups in total. The van der Waals surface area contributed by atoms with Gasteiger partial charge in [0.2, 0.25) is 10.0 Å². The van der Waals surface area contributed by atoms with Gasteiger partial charge in [0.15, 0.2) is 0 Å². The highest BCUT2D eigenvalue weighted by molar-refractivity contribution is 7.99. The summed E-state index contributed by atoms with van der Waals surface area (Å²) in [6.45, 7) is 0.299. The van der Waals surface area contributed by atoms with E-state index in [0.29, 0.717) is 23.1 Å². The zero-order valence-corrected chi connectivity index (χ0v) is 15.7. The highest BCUT2D eigenvalue weighted by Gasteiger charge is 2.30. The third kappa shape index (κ3) is 5.36. The number of benzene rings is 1. The molecule has 2 aromatic rings. The predicted octanol–water partition coefficient (Wildman–Crippen LogP) is 3.52. The Bertz CT molecular complexity index is 821. The summed E-state index contributed by atoms with van der Waals surface area (Å²) in [5.41, 5.74) is -0.786. The normalized spacial score (nSPS) is 12.4. The first-order valence-electron chi connectivity index (χ1n) is 7.42. The van der Waals surface area contributed by atoms with Crippen molar-refractivity contribution in [2.45, 2.75) is 16.1 Å². The number of thioether (sulfide) groups is 1. The van der Waals surface area contributed by atoms with Crippen LogP contribution >= 0.6 is 11.8 Å². The monoisotopic (exact) mass is 406 g/mol. The SMILES string of the molecule is CN(C)S(=O)(=O)c1ccc(OCCSc2ccc(C(F)(F)F)cn2)cc1. The molecule has 0 aliphatic rings. The highest BCUT2D eigenvalue weighted by Crippen LogP contribution is 2.29. The molecule has 0 radical (unpaired) electrons. The zero-order valence-electron chi connectivity index (χ0n) is 14.0. The van der Waals surface area contributed by atoms with Gasteiger partial charge in [-0.05, 0) is 36.4 Å². The molecule has 0 saturated heterocycles. The van der Waals surface area contributed by atoms with Gasteiger partial charge in [-0.1, -0.05) is 0 Å². The second-order valence-corrected chi connectivity index (χ2v) is 8.61. The molecule has 0 spiro atoms. The fraction of sp³-hybridized carbons (Fsp3) is 0.312. The molecule has 5 nitrogen and oxygen atoms in total. The minimum absolute atomic E-state index is 0.165. The van der Waals surface area contributed by atoms with Crippen molar-refractivity contribution in [2.75, 3.05) is 26.5 Å². The molecular formula is C16H17F3N2O3S2. The quantitative estimate of drug-likeness (QED) is 0.520. The van der Waals surface area contributed by atoms with Crippen molar-refractivity contribution in [2.24, 2.45) is 0 Å². The third-order valence-electron chi connectivity index (χ3n) is 3.27. The topological polar surface area (TPSA) is 59.5 Å². The van der Waals surface area contributed by atoms with E-state index in [1.165, 1.54) is 44.1 Å². The van der Waals surface area contributed by atoms with Crippen molar-refractivity contribution in [1.82, 2.24) is 9.29 Å². The number of hydrogen-bond donors (Lipinski definition) is 0. The van der Waals surface area contributed by atoms with Gasteiger partial charge in [-0.3, -0.25) is 0 Å². The molecule has 10 heteroatoms. The van der Waals surface area contributed by atoms with Crippen LogP contribution in [0.25, 0.3) is 0 Å². The molecule has 1 aromatic heterocycles. The standard InChI is InChI=1S/C16H17F3N2O3S2/c1-21(2)26(22,23)14-6-4-13(5-7-14)24-9-10-25-15-8-3-12(11-20-15)16(17,18)19/h3-8,11H,9-10H2,1-2H3. The van der Waals surface area contributed by atoms with Gasteiger partial charge in [-0.25, -0.2) is 17.7 Å². The molecule has 0 aliphatic heterocycles. The number of aromatic nitrogens is 1. The van der Waals surface area contributed by atoms with Gasteiger partial charge in [0.1, 0.15) is 5.75 Å². The summed E-state index contributed by atoms with van der Waals surface area (Å²) in [5.74, 6) is 0.986. The first-order chi connectivity index (χ1) is 12.1. The average Bonchev–Trinajstić information content (AvgIpc) is 2.58. The fourth-order valence-corrected chi connectivity index (χ4v) is 3.43. The van der Waals surface area contributed by atoms with Crippen LogP contribution in [-0.4, -0.2) is 44.2 Å². The van der Waals surface area contributed by atoms with E-state index >= 15 is 0 Å². The molecule has 0 unspecified atom stereocenters. The maximum Gasteiger partial charge on any atom is 0.417 e. The van der Waals surface area contributed by atoms with Crippen LogP contribution < -0.4 is 4.74 Å². The summed E-state index contributed by atoms with van der Waals surface area (Å²) in [7, 11) is -0.582.